The lowest BCUT2D eigenvalue weighted by molar-refractivity contribution is -0.152. The highest BCUT2D eigenvalue weighted by molar-refractivity contribution is 5.97. The van der Waals surface area contributed by atoms with E-state index in [0.29, 0.717) is 25.5 Å². The fraction of sp³-hybridized carbons (Fsp3) is 0.867. The Morgan fingerprint density at radius 3 is 2.70 bits per heavy atom. The molecule has 3 atom stereocenters. The van der Waals surface area contributed by atoms with Gasteiger partial charge in [0, 0.05) is 13.2 Å². The standard InChI is InChI=1S/C15H26N2O3/c1-4-12-14(18)16-13(10(2)3)15(19)17(12)8-11-6-5-7-20-9-11/h10-13H,4-9H2,1-3H3,(H,16,18). The molecule has 2 heterocycles. The van der Waals surface area contributed by atoms with E-state index in [-0.39, 0.29) is 29.8 Å². The predicted octanol–water partition coefficient (Wildman–Crippen LogP) is 1.17. The maximum absolute atomic E-state index is 12.6. The van der Waals surface area contributed by atoms with Gasteiger partial charge in [0.25, 0.3) is 0 Å². The highest BCUT2D eigenvalue weighted by Crippen LogP contribution is 2.22. The number of carbonyl (C=O) groups is 2. The van der Waals surface area contributed by atoms with E-state index < -0.39 is 0 Å². The molecule has 5 heteroatoms. The molecular weight excluding hydrogens is 256 g/mol. The van der Waals surface area contributed by atoms with Crippen molar-refractivity contribution in [1.82, 2.24) is 10.2 Å². The zero-order valence-electron chi connectivity index (χ0n) is 12.7. The van der Waals surface area contributed by atoms with Crippen LogP contribution < -0.4 is 5.32 Å². The van der Waals surface area contributed by atoms with Gasteiger partial charge in [-0.2, -0.15) is 0 Å². The zero-order chi connectivity index (χ0) is 14.7. The molecule has 114 valence electrons. The molecule has 2 fully saturated rings. The molecule has 5 nitrogen and oxygen atoms in total. The number of piperazine rings is 1. The van der Waals surface area contributed by atoms with Crippen LogP contribution in [0.5, 0.6) is 0 Å². The van der Waals surface area contributed by atoms with Gasteiger partial charge in [0.1, 0.15) is 12.1 Å². The van der Waals surface area contributed by atoms with Crippen molar-refractivity contribution < 1.29 is 14.3 Å². The molecule has 0 aromatic carbocycles. The molecule has 0 spiro atoms. The Balaban J connectivity index is 2.11. The van der Waals surface area contributed by atoms with Gasteiger partial charge in [0.05, 0.1) is 6.61 Å². The number of nitrogens with zero attached hydrogens (tertiary/aromatic N) is 1. The summed E-state index contributed by atoms with van der Waals surface area (Å²) >= 11 is 0. The van der Waals surface area contributed by atoms with Gasteiger partial charge in [-0.25, -0.2) is 0 Å². The average molecular weight is 282 g/mol. The topological polar surface area (TPSA) is 58.6 Å². The van der Waals surface area contributed by atoms with Crippen LogP contribution in [-0.4, -0.2) is 48.6 Å². The summed E-state index contributed by atoms with van der Waals surface area (Å²) in [5, 5.41) is 2.87. The van der Waals surface area contributed by atoms with E-state index >= 15 is 0 Å². The number of nitrogens with one attached hydrogen (secondary N) is 1. The Morgan fingerprint density at radius 1 is 1.40 bits per heavy atom. The predicted molar refractivity (Wildman–Crippen MR) is 76.1 cm³/mol. The third-order valence-corrected chi connectivity index (χ3v) is 4.29. The molecule has 1 N–H and O–H groups in total. The van der Waals surface area contributed by atoms with Gasteiger partial charge in [-0.05, 0) is 31.1 Å². The number of hydrogen-bond donors (Lipinski definition) is 1. The third kappa shape index (κ3) is 3.14. The second-order valence-corrected chi connectivity index (χ2v) is 6.23. The quantitative estimate of drug-likeness (QED) is 0.842. The Kier molecular flexibility index (Phi) is 5.02. The first-order valence-electron chi connectivity index (χ1n) is 7.73. The van der Waals surface area contributed by atoms with Crippen molar-refractivity contribution in [2.75, 3.05) is 19.8 Å². The highest BCUT2D eigenvalue weighted by Gasteiger charge is 2.41. The fourth-order valence-electron chi connectivity index (χ4n) is 3.09. The van der Waals surface area contributed by atoms with Gasteiger partial charge in [-0.15, -0.1) is 0 Å². The monoisotopic (exact) mass is 282 g/mol. The van der Waals surface area contributed by atoms with Crippen LogP contribution in [0.3, 0.4) is 0 Å². The largest absolute Gasteiger partial charge is 0.381 e. The number of carbonyl (C=O) groups excluding carboxylic acids is 2. The van der Waals surface area contributed by atoms with Gasteiger partial charge in [0.2, 0.25) is 11.8 Å². The summed E-state index contributed by atoms with van der Waals surface area (Å²) in [7, 11) is 0. The molecule has 2 saturated heterocycles. The van der Waals surface area contributed by atoms with Crippen LogP contribution in [0.25, 0.3) is 0 Å². The van der Waals surface area contributed by atoms with Crippen molar-refractivity contribution in [2.24, 2.45) is 11.8 Å². The van der Waals surface area contributed by atoms with Crippen molar-refractivity contribution >= 4 is 11.8 Å². The summed E-state index contributed by atoms with van der Waals surface area (Å²) in [4.78, 5) is 26.6. The van der Waals surface area contributed by atoms with Crippen molar-refractivity contribution in [2.45, 2.75) is 52.1 Å². The Hall–Kier alpha value is -1.10. The maximum Gasteiger partial charge on any atom is 0.246 e. The van der Waals surface area contributed by atoms with Crippen LogP contribution in [0.1, 0.15) is 40.0 Å². The second kappa shape index (κ2) is 6.57. The minimum atomic E-state index is -0.380. The zero-order valence-corrected chi connectivity index (χ0v) is 12.7. The first kappa shape index (κ1) is 15.3. The molecule has 0 aliphatic carbocycles. The Labute approximate surface area is 121 Å². The van der Waals surface area contributed by atoms with Gasteiger partial charge in [0.15, 0.2) is 0 Å². The van der Waals surface area contributed by atoms with E-state index in [1.807, 2.05) is 20.8 Å². The van der Waals surface area contributed by atoms with Crippen LogP contribution in [0, 0.1) is 11.8 Å². The molecule has 0 saturated carbocycles. The van der Waals surface area contributed by atoms with Crippen LogP contribution in [0.15, 0.2) is 0 Å². The fourth-order valence-corrected chi connectivity index (χ4v) is 3.09. The average Bonchev–Trinajstić information content (AvgIpc) is 2.43. The van der Waals surface area contributed by atoms with Crippen LogP contribution in [0.2, 0.25) is 0 Å². The van der Waals surface area contributed by atoms with E-state index in [4.69, 9.17) is 4.74 Å². The van der Waals surface area contributed by atoms with Gasteiger partial charge in [-0.1, -0.05) is 20.8 Å². The van der Waals surface area contributed by atoms with Gasteiger partial charge in [-0.3, -0.25) is 9.59 Å². The summed E-state index contributed by atoms with van der Waals surface area (Å²) in [6.07, 6.45) is 2.79. The van der Waals surface area contributed by atoms with E-state index in [2.05, 4.69) is 5.32 Å². The SMILES string of the molecule is CCC1C(=O)NC(C(C)C)C(=O)N1CC1CCCOC1. The third-order valence-electron chi connectivity index (χ3n) is 4.29. The summed E-state index contributed by atoms with van der Waals surface area (Å²) in [5.41, 5.74) is 0. The van der Waals surface area contributed by atoms with Crippen molar-refractivity contribution in [3.63, 3.8) is 0 Å². The van der Waals surface area contributed by atoms with Crippen molar-refractivity contribution in [3.8, 4) is 0 Å². The molecule has 0 aromatic rings. The number of ether oxygens (including phenoxy) is 1. The summed E-state index contributed by atoms with van der Waals surface area (Å²) in [6.45, 7) is 8.06. The Bertz CT molecular complexity index is 364. The van der Waals surface area contributed by atoms with Gasteiger partial charge >= 0.3 is 0 Å². The van der Waals surface area contributed by atoms with Gasteiger partial charge < -0.3 is 15.0 Å². The smallest absolute Gasteiger partial charge is 0.246 e. The number of rotatable bonds is 4. The van der Waals surface area contributed by atoms with Crippen LogP contribution in [0.4, 0.5) is 0 Å². The van der Waals surface area contributed by atoms with Crippen LogP contribution >= 0.6 is 0 Å². The van der Waals surface area contributed by atoms with E-state index in [1.54, 1.807) is 4.90 Å². The van der Waals surface area contributed by atoms with Crippen molar-refractivity contribution in [1.29, 1.82) is 0 Å². The molecule has 20 heavy (non-hydrogen) atoms. The van der Waals surface area contributed by atoms with Crippen LogP contribution in [-0.2, 0) is 14.3 Å². The molecule has 0 radical (unpaired) electrons. The molecule has 0 aromatic heterocycles. The molecule has 2 aliphatic rings. The van der Waals surface area contributed by atoms with E-state index in [1.165, 1.54) is 0 Å². The summed E-state index contributed by atoms with van der Waals surface area (Å²) in [5.74, 6) is 0.536. The lowest BCUT2D eigenvalue weighted by Gasteiger charge is -2.42. The molecule has 3 unspecified atom stereocenters. The lowest BCUT2D eigenvalue weighted by Crippen LogP contribution is -2.65. The molecule has 0 bridgehead atoms. The molecular formula is C15H26N2O3. The molecule has 2 rings (SSSR count). The minimum Gasteiger partial charge on any atom is -0.381 e. The maximum atomic E-state index is 12.6. The summed E-state index contributed by atoms with van der Waals surface area (Å²) in [6, 6.07) is -0.700. The first-order valence-corrected chi connectivity index (χ1v) is 7.73. The number of amides is 2. The minimum absolute atomic E-state index is 0.0115. The molecule has 2 amide bonds. The normalized spacial score (nSPS) is 31.6. The van der Waals surface area contributed by atoms with E-state index in [9.17, 15) is 9.59 Å². The number of hydrogen-bond acceptors (Lipinski definition) is 3. The van der Waals surface area contributed by atoms with Crippen molar-refractivity contribution in [3.05, 3.63) is 0 Å². The lowest BCUT2D eigenvalue weighted by atomic mass is 9.94. The second-order valence-electron chi connectivity index (χ2n) is 6.23. The first-order chi connectivity index (χ1) is 9.54. The highest BCUT2D eigenvalue weighted by atomic mass is 16.5. The van der Waals surface area contributed by atoms with E-state index in [0.717, 1.165) is 19.4 Å². The summed E-state index contributed by atoms with van der Waals surface area (Å²) < 4.78 is 5.49. The molecule has 2 aliphatic heterocycles. The Morgan fingerprint density at radius 2 is 2.15 bits per heavy atom.